The Kier molecular flexibility index (Phi) is 4.63. The molecule has 1 aliphatic rings. The van der Waals surface area contributed by atoms with Crippen LogP contribution >= 0.6 is 0 Å². The summed E-state index contributed by atoms with van der Waals surface area (Å²) < 4.78 is 0. The van der Waals surface area contributed by atoms with Gasteiger partial charge in [-0.1, -0.05) is 36.4 Å². The Morgan fingerprint density at radius 3 is 2.56 bits per heavy atom. The van der Waals surface area contributed by atoms with E-state index in [-0.39, 0.29) is 11.8 Å². The summed E-state index contributed by atoms with van der Waals surface area (Å²) in [5.74, 6) is 0.0720. The van der Waals surface area contributed by atoms with Crippen LogP contribution in [0, 0.1) is 0 Å². The second kappa shape index (κ2) is 7.23. The van der Waals surface area contributed by atoms with Gasteiger partial charge in [0.1, 0.15) is 0 Å². The molecule has 4 heteroatoms. The molecule has 4 rings (SSSR count). The van der Waals surface area contributed by atoms with Gasteiger partial charge in [-0.2, -0.15) is 0 Å². The minimum atomic E-state index is -0.0544. The van der Waals surface area contributed by atoms with Gasteiger partial charge in [0.15, 0.2) is 0 Å². The molecule has 0 N–H and O–H groups in total. The lowest BCUT2D eigenvalue weighted by atomic mass is 10.1. The first kappa shape index (κ1) is 17.3. The fourth-order valence-corrected chi connectivity index (χ4v) is 3.67. The predicted molar refractivity (Wildman–Crippen MR) is 109 cm³/mol. The zero-order valence-electron chi connectivity index (χ0n) is 15.4. The molecule has 1 heterocycles. The van der Waals surface area contributed by atoms with Crippen molar-refractivity contribution in [2.45, 2.75) is 19.8 Å². The lowest BCUT2D eigenvalue weighted by molar-refractivity contribution is -0.117. The van der Waals surface area contributed by atoms with E-state index in [9.17, 15) is 9.59 Å². The average Bonchev–Trinajstić information content (AvgIpc) is 3.14. The number of hydrogen-bond donors (Lipinski definition) is 0. The Bertz CT molecular complexity index is 1010. The van der Waals surface area contributed by atoms with Crippen molar-refractivity contribution in [3.63, 3.8) is 0 Å². The van der Waals surface area contributed by atoms with Gasteiger partial charge in [0.2, 0.25) is 5.91 Å². The second-order valence-corrected chi connectivity index (χ2v) is 6.78. The number of carbonyl (C=O) groups is 2. The van der Waals surface area contributed by atoms with Crippen LogP contribution in [0.5, 0.6) is 0 Å². The van der Waals surface area contributed by atoms with Crippen LogP contribution in [0.4, 0.5) is 11.4 Å². The maximum atomic E-state index is 13.2. The minimum absolute atomic E-state index is 0.0544. The van der Waals surface area contributed by atoms with Crippen molar-refractivity contribution in [2.75, 3.05) is 22.9 Å². The summed E-state index contributed by atoms with van der Waals surface area (Å²) in [6.07, 6.45) is 1.45. The third-order valence-electron chi connectivity index (χ3n) is 5.08. The van der Waals surface area contributed by atoms with Crippen molar-refractivity contribution >= 4 is 34.0 Å². The van der Waals surface area contributed by atoms with E-state index >= 15 is 0 Å². The highest BCUT2D eigenvalue weighted by Crippen LogP contribution is 2.26. The largest absolute Gasteiger partial charge is 0.312 e. The van der Waals surface area contributed by atoms with Crippen LogP contribution in [-0.4, -0.2) is 24.9 Å². The SMILES string of the molecule is CCN(C(=O)c1cccc(N2CCCC2=O)c1)c1ccc2ccccc2c1. The molecule has 0 radical (unpaired) electrons. The summed E-state index contributed by atoms with van der Waals surface area (Å²) in [6.45, 7) is 3.27. The van der Waals surface area contributed by atoms with Crippen LogP contribution in [0.2, 0.25) is 0 Å². The fraction of sp³-hybridized carbons (Fsp3) is 0.217. The van der Waals surface area contributed by atoms with Crippen molar-refractivity contribution in [3.8, 4) is 0 Å². The quantitative estimate of drug-likeness (QED) is 0.682. The molecule has 3 aromatic rings. The Hall–Kier alpha value is -3.14. The zero-order valence-corrected chi connectivity index (χ0v) is 15.4. The van der Waals surface area contributed by atoms with Crippen LogP contribution in [-0.2, 0) is 4.79 Å². The molecule has 0 bridgehead atoms. The Morgan fingerprint density at radius 1 is 1.00 bits per heavy atom. The molecular formula is C23H22N2O2. The number of amides is 2. The molecule has 1 saturated heterocycles. The van der Waals surface area contributed by atoms with Crippen LogP contribution < -0.4 is 9.80 Å². The first-order valence-electron chi connectivity index (χ1n) is 9.38. The molecular weight excluding hydrogens is 336 g/mol. The van der Waals surface area contributed by atoms with Gasteiger partial charge in [-0.25, -0.2) is 0 Å². The molecule has 0 unspecified atom stereocenters. The van der Waals surface area contributed by atoms with Gasteiger partial charge < -0.3 is 9.80 Å². The van der Waals surface area contributed by atoms with Gasteiger partial charge in [-0.15, -0.1) is 0 Å². The highest BCUT2D eigenvalue weighted by Gasteiger charge is 2.23. The lowest BCUT2D eigenvalue weighted by Crippen LogP contribution is -2.31. The second-order valence-electron chi connectivity index (χ2n) is 6.78. The van der Waals surface area contributed by atoms with Crippen molar-refractivity contribution in [1.82, 2.24) is 0 Å². The first-order chi connectivity index (χ1) is 13.2. The summed E-state index contributed by atoms with van der Waals surface area (Å²) in [6, 6.07) is 21.6. The van der Waals surface area contributed by atoms with Crippen molar-refractivity contribution in [1.29, 1.82) is 0 Å². The number of anilines is 2. The van der Waals surface area contributed by atoms with Gasteiger partial charge in [0.05, 0.1) is 0 Å². The number of benzene rings is 3. The molecule has 1 aliphatic heterocycles. The third kappa shape index (κ3) is 3.31. The molecule has 136 valence electrons. The normalized spacial score (nSPS) is 14.0. The Labute approximate surface area is 159 Å². The number of nitrogens with zero attached hydrogens (tertiary/aromatic N) is 2. The molecule has 4 nitrogen and oxygen atoms in total. The number of rotatable bonds is 4. The predicted octanol–water partition coefficient (Wildman–Crippen LogP) is 4.63. The topological polar surface area (TPSA) is 40.6 Å². The van der Waals surface area contributed by atoms with E-state index in [0.717, 1.165) is 35.1 Å². The molecule has 0 saturated carbocycles. The highest BCUT2D eigenvalue weighted by atomic mass is 16.2. The first-order valence-corrected chi connectivity index (χ1v) is 9.38. The average molecular weight is 358 g/mol. The summed E-state index contributed by atoms with van der Waals surface area (Å²) in [4.78, 5) is 28.7. The number of hydrogen-bond acceptors (Lipinski definition) is 2. The highest BCUT2D eigenvalue weighted by molar-refractivity contribution is 6.08. The van der Waals surface area contributed by atoms with Crippen molar-refractivity contribution in [3.05, 3.63) is 72.3 Å². The van der Waals surface area contributed by atoms with Crippen LogP contribution in [0.3, 0.4) is 0 Å². The fourth-order valence-electron chi connectivity index (χ4n) is 3.67. The summed E-state index contributed by atoms with van der Waals surface area (Å²) in [7, 11) is 0. The van der Waals surface area contributed by atoms with Gasteiger partial charge in [0.25, 0.3) is 5.91 Å². The van der Waals surface area contributed by atoms with Crippen molar-refractivity contribution < 1.29 is 9.59 Å². The standard InChI is InChI=1S/C23H22N2O2/c1-2-24(21-13-12-17-7-3-4-8-18(17)15-21)23(27)19-9-5-10-20(16-19)25-14-6-11-22(25)26/h3-5,7-10,12-13,15-16H,2,6,11,14H2,1H3. The summed E-state index contributed by atoms with van der Waals surface area (Å²) in [5, 5.41) is 2.26. The smallest absolute Gasteiger partial charge is 0.258 e. The molecule has 0 aliphatic carbocycles. The molecule has 0 aromatic heterocycles. The van der Waals surface area contributed by atoms with E-state index in [1.54, 1.807) is 9.80 Å². The molecule has 1 fully saturated rings. The van der Waals surface area contributed by atoms with E-state index < -0.39 is 0 Å². The molecule has 3 aromatic carbocycles. The lowest BCUT2D eigenvalue weighted by Gasteiger charge is -2.23. The number of fused-ring (bicyclic) bond motifs is 1. The van der Waals surface area contributed by atoms with Crippen LogP contribution in [0.1, 0.15) is 30.1 Å². The summed E-state index contributed by atoms with van der Waals surface area (Å²) >= 11 is 0. The van der Waals surface area contributed by atoms with Crippen molar-refractivity contribution in [2.24, 2.45) is 0 Å². The Morgan fingerprint density at radius 2 is 1.81 bits per heavy atom. The zero-order chi connectivity index (χ0) is 18.8. The maximum Gasteiger partial charge on any atom is 0.258 e. The Balaban J connectivity index is 1.66. The van der Waals surface area contributed by atoms with E-state index in [0.29, 0.717) is 18.5 Å². The monoisotopic (exact) mass is 358 g/mol. The molecule has 0 atom stereocenters. The van der Waals surface area contributed by atoms with E-state index in [1.165, 1.54) is 0 Å². The van der Waals surface area contributed by atoms with Crippen LogP contribution in [0.25, 0.3) is 10.8 Å². The number of carbonyl (C=O) groups excluding carboxylic acids is 2. The molecule has 0 spiro atoms. The van der Waals surface area contributed by atoms with Gasteiger partial charge >= 0.3 is 0 Å². The third-order valence-corrected chi connectivity index (χ3v) is 5.08. The summed E-state index contributed by atoms with van der Waals surface area (Å²) in [5.41, 5.74) is 2.28. The van der Waals surface area contributed by atoms with Gasteiger partial charge in [-0.05, 0) is 54.4 Å². The molecule has 27 heavy (non-hydrogen) atoms. The van der Waals surface area contributed by atoms with E-state index in [2.05, 4.69) is 12.1 Å². The van der Waals surface area contributed by atoms with Gasteiger partial charge in [-0.3, -0.25) is 9.59 Å². The van der Waals surface area contributed by atoms with E-state index in [4.69, 9.17) is 0 Å². The van der Waals surface area contributed by atoms with Crippen LogP contribution in [0.15, 0.2) is 66.7 Å². The van der Waals surface area contributed by atoms with Gasteiger partial charge in [0, 0.05) is 36.4 Å². The minimum Gasteiger partial charge on any atom is -0.312 e. The van der Waals surface area contributed by atoms with E-state index in [1.807, 2.05) is 61.5 Å². The maximum absolute atomic E-state index is 13.2. The molecule has 2 amide bonds.